The third-order valence-electron chi connectivity index (χ3n) is 4.46. The zero-order valence-electron chi connectivity index (χ0n) is 14.5. The standard InChI is InChI=1S/C21H23N3O/c1-25-17-9-5-13-21(18-10-2-6-14-22-18,19-11-3-7-15-23-19)20-12-4-8-16-24-20/h2-4,6-8,10-12,14-16H,5,9,13,17H2,1H3. The van der Waals surface area contributed by atoms with Gasteiger partial charge in [-0.2, -0.15) is 0 Å². The molecule has 0 atom stereocenters. The Morgan fingerprint density at radius 2 is 1.20 bits per heavy atom. The van der Waals surface area contributed by atoms with Crippen molar-refractivity contribution in [3.63, 3.8) is 0 Å². The Kier molecular flexibility index (Phi) is 5.86. The summed E-state index contributed by atoms with van der Waals surface area (Å²) < 4.78 is 5.23. The minimum Gasteiger partial charge on any atom is -0.385 e. The Morgan fingerprint density at radius 3 is 1.56 bits per heavy atom. The van der Waals surface area contributed by atoms with Crippen LogP contribution in [0.1, 0.15) is 36.3 Å². The first kappa shape index (κ1) is 17.2. The van der Waals surface area contributed by atoms with Gasteiger partial charge in [-0.05, 0) is 55.7 Å². The normalized spacial score (nSPS) is 11.4. The van der Waals surface area contributed by atoms with Crippen molar-refractivity contribution in [3.8, 4) is 0 Å². The number of unbranched alkanes of at least 4 members (excludes halogenated alkanes) is 1. The second kappa shape index (κ2) is 8.49. The van der Waals surface area contributed by atoms with E-state index in [1.807, 2.05) is 55.0 Å². The van der Waals surface area contributed by atoms with E-state index < -0.39 is 5.41 Å². The highest BCUT2D eigenvalue weighted by molar-refractivity contribution is 5.42. The van der Waals surface area contributed by atoms with E-state index >= 15 is 0 Å². The molecular formula is C21H23N3O. The second-order valence-electron chi connectivity index (χ2n) is 6.00. The monoisotopic (exact) mass is 333 g/mol. The van der Waals surface area contributed by atoms with Gasteiger partial charge in [0, 0.05) is 32.3 Å². The molecule has 3 aromatic rings. The predicted octanol–water partition coefficient (Wildman–Crippen LogP) is 4.02. The smallest absolute Gasteiger partial charge is 0.0966 e. The molecule has 0 saturated carbocycles. The molecule has 0 radical (unpaired) electrons. The molecule has 0 aliphatic heterocycles. The Labute approximate surface area is 149 Å². The van der Waals surface area contributed by atoms with Crippen molar-refractivity contribution in [1.82, 2.24) is 15.0 Å². The van der Waals surface area contributed by atoms with E-state index in [0.717, 1.165) is 43.0 Å². The zero-order valence-corrected chi connectivity index (χ0v) is 14.5. The summed E-state index contributed by atoms with van der Waals surface area (Å²) in [6, 6.07) is 18.1. The number of hydrogen-bond acceptors (Lipinski definition) is 4. The van der Waals surface area contributed by atoms with Crippen LogP contribution in [0.15, 0.2) is 73.2 Å². The largest absolute Gasteiger partial charge is 0.385 e. The van der Waals surface area contributed by atoms with Crippen LogP contribution >= 0.6 is 0 Å². The summed E-state index contributed by atoms with van der Waals surface area (Å²) in [5.41, 5.74) is 2.47. The van der Waals surface area contributed by atoms with Crippen molar-refractivity contribution in [2.45, 2.75) is 24.7 Å². The molecule has 0 unspecified atom stereocenters. The van der Waals surface area contributed by atoms with E-state index in [4.69, 9.17) is 19.7 Å². The molecule has 0 spiro atoms. The fourth-order valence-electron chi connectivity index (χ4n) is 3.26. The minimum atomic E-state index is -0.461. The molecule has 0 N–H and O–H groups in total. The lowest BCUT2D eigenvalue weighted by Crippen LogP contribution is -2.32. The molecule has 3 heterocycles. The molecule has 0 amide bonds. The van der Waals surface area contributed by atoms with Gasteiger partial charge in [-0.1, -0.05) is 18.2 Å². The first-order chi connectivity index (χ1) is 12.4. The molecule has 3 rings (SSSR count). The van der Waals surface area contributed by atoms with E-state index in [1.54, 1.807) is 7.11 Å². The molecule has 25 heavy (non-hydrogen) atoms. The summed E-state index contributed by atoms with van der Waals surface area (Å²) in [5, 5.41) is 0. The van der Waals surface area contributed by atoms with E-state index in [1.165, 1.54) is 0 Å². The highest BCUT2D eigenvalue weighted by Gasteiger charge is 2.39. The number of methoxy groups -OCH3 is 1. The summed E-state index contributed by atoms with van der Waals surface area (Å²) in [7, 11) is 1.74. The number of hydrogen-bond donors (Lipinski definition) is 0. The van der Waals surface area contributed by atoms with Gasteiger partial charge in [-0.15, -0.1) is 0 Å². The summed E-state index contributed by atoms with van der Waals surface area (Å²) in [6.07, 6.45) is 8.38. The lowest BCUT2D eigenvalue weighted by Gasteiger charge is -2.32. The molecule has 0 bridgehead atoms. The van der Waals surface area contributed by atoms with Crippen LogP contribution in [0, 0.1) is 0 Å². The molecule has 0 aromatic carbocycles. The van der Waals surface area contributed by atoms with E-state index in [9.17, 15) is 0 Å². The Balaban J connectivity index is 2.13. The second-order valence-corrected chi connectivity index (χ2v) is 6.00. The molecule has 0 saturated heterocycles. The molecule has 0 aliphatic carbocycles. The number of aromatic nitrogens is 3. The molecular weight excluding hydrogens is 310 g/mol. The van der Waals surface area contributed by atoms with Crippen molar-refractivity contribution in [1.29, 1.82) is 0 Å². The third-order valence-corrected chi connectivity index (χ3v) is 4.46. The summed E-state index contributed by atoms with van der Waals surface area (Å²) >= 11 is 0. The summed E-state index contributed by atoms with van der Waals surface area (Å²) in [5.74, 6) is 0. The average molecular weight is 333 g/mol. The van der Waals surface area contributed by atoms with Gasteiger partial charge in [-0.3, -0.25) is 15.0 Å². The zero-order chi connectivity index (χ0) is 17.4. The van der Waals surface area contributed by atoms with Gasteiger partial charge in [-0.25, -0.2) is 0 Å². The Bertz CT molecular complexity index is 651. The summed E-state index contributed by atoms with van der Waals surface area (Å²) in [4.78, 5) is 14.1. The van der Waals surface area contributed by atoms with Crippen molar-refractivity contribution in [3.05, 3.63) is 90.3 Å². The van der Waals surface area contributed by atoms with Gasteiger partial charge >= 0.3 is 0 Å². The summed E-state index contributed by atoms with van der Waals surface area (Å²) in [6.45, 7) is 0.753. The highest BCUT2D eigenvalue weighted by atomic mass is 16.5. The van der Waals surface area contributed by atoms with Crippen molar-refractivity contribution in [2.24, 2.45) is 0 Å². The lowest BCUT2D eigenvalue weighted by molar-refractivity contribution is 0.190. The number of nitrogens with zero attached hydrogens (tertiary/aromatic N) is 3. The molecule has 4 nitrogen and oxygen atoms in total. The van der Waals surface area contributed by atoms with Gasteiger partial charge < -0.3 is 4.74 Å². The van der Waals surface area contributed by atoms with Gasteiger partial charge in [0.1, 0.15) is 0 Å². The van der Waals surface area contributed by atoms with Crippen LogP contribution in [0.4, 0.5) is 0 Å². The molecule has 3 aromatic heterocycles. The van der Waals surface area contributed by atoms with Crippen LogP contribution in [0.2, 0.25) is 0 Å². The lowest BCUT2D eigenvalue weighted by atomic mass is 9.73. The number of ether oxygens (including phenoxy) is 1. The van der Waals surface area contributed by atoms with Gasteiger partial charge in [0.15, 0.2) is 0 Å². The molecule has 4 heteroatoms. The van der Waals surface area contributed by atoms with E-state index in [2.05, 4.69) is 18.2 Å². The maximum atomic E-state index is 5.23. The first-order valence-corrected chi connectivity index (χ1v) is 8.61. The highest BCUT2D eigenvalue weighted by Crippen LogP contribution is 2.40. The maximum Gasteiger partial charge on any atom is 0.0966 e. The fraction of sp³-hybridized carbons (Fsp3) is 0.286. The van der Waals surface area contributed by atoms with Crippen LogP contribution in [0.5, 0.6) is 0 Å². The molecule has 0 aliphatic rings. The SMILES string of the molecule is COCCCCC(c1ccccn1)(c1ccccn1)c1ccccn1. The number of rotatable bonds is 8. The molecule has 128 valence electrons. The van der Waals surface area contributed by atoms with Gasteiger partial charge in [0.05, 0.1) is 22.5 Å². The minimum absolute atomic E-state index is 0.461. The predicted molar refractivity (Wildman–Crippen MR) is 98.3 cm³/mol. The Hall–Kier alpha value is -2.59. The van der Waals surface area contributed by atoms with Crippen molar-refractivity contribution in [2.75, 3.05) is 13.7 Å². The van der Waals surface area contributed by atoms with Gasteiger partial charge in [0.25, 0.3) is 0 Å². The van der Waals surface area contributed by atoms with Crippen LogP contribution in [0.3, 0.4) is 0 Å². The quantitative estimate of drug-likeness (QED) is 0.584. The maximum absolute atomic E-state index is 5.23. The van der Waals surface area contributed by atoms with Crippen LogP contribution in [0.25, 0.3) is 0 Å². The topological polar surface area (TPSA) is 47.9 Å². The van der Waals surface area contributed by atoms with Crippen LogP contribution in [-0.4, -0.2) is 28.7 Å². The Morgan fingerprint density at radius 1 is 0.720 bits per heavy atom. The van der Waals surface area contributed by atoms with Crippen molar-refractivity contribution >= 4 is 0 Å². The third kappa shape index (κ3) is 3.74. The van der Waals surface area contributed by atoms with E-state index in [0.29, 0.717) is 0 Å². The van der Waals surface area contributed by atoms with Crippen LogP contribution in [-0.2, 0) is 10.2 Å². The number of pyridine rings is 3. The van der Waals surface area contributed by atoms with E-state index in [-0.39, 0.29) is 0 Å². The van der Waals surface area contributed by atoms with Crippen molar-refractivity contribution < 1.29 is 4.74 Å². The first-order valence-electron chi connectivity index (χ1n) is 8.61. The average Bonchev–Trinajstić information content (AvgIpc) is 2.70. The van der Waals surface area contributed by atoms with Crippen LogP contribution < -0.4 is 0 Å². The molecule has 0 fully saturated rings. The van der Waals surface area contributed by atoms with Gasteiger partial charge in [0.2, 0.25) is 0 Å². The fourth-order valence-corrected chi connectivity index (χ4v) is 3.26.